The molecule has 2 aromatic rings. The number of carbonyl (C=O) groups is 1. The maximum atomic E-state index is 11.2. The second kappa shape index (κ2) is 7.25. The van der Waals surface area contributed by atoms with Crippen LogP contribution in [0, 0.1) is 0 Å². The Morgan fingerprint density at radius 1 is 1.25 bits per heavy atom. The Labute approximate surface area is 124 Å². The first-order chi connectivity index (χ1) is 9.81. The first-order valence-electron chi connectivity index (χ1n) is 7.09. The summed E-state index contributed by atoms with van der Waals surface area (Å²) in [5, 5.41) is 1.96. The van der Waals surface area contributed by atoms with Crippen LogP contribution in [0.2, 0.25) is 0 Å². The van der Waals surface area contributed by atoms with Crippen LogP contribution < -0.4 is 4.74 Å². The molecule has 2 nitrogen and oxygen atoms in total. The van der Waals surface area contributed by atoms with E-state index in [4.69, 9.17) is 4.74 Å². The summed E-state index contributed by atoms with van der Waals surface area (Å²) in [4.78, 5) is 12.0. The number of carbonyl (C=O) groups excluding carboxylic acids is 1. The maximum absolute atomic E-state index is 11.2. The normalized spacial score (nSPS) is 10.5. The molecule has 0 saturated carbocycles. The van der Waals surface area contributed by atoms with E-state index in [1.165, 1.54) is 16.9 Å². The number of rotatable bonds is 7. The summed E-state index contributed by atoms with van der Waals surface area (Å²) in [7, 11) is 0. The molecule has 1 aromatic heterocycles. The van der Waals surface area contributed by atoms with Crippen LogP contribution in [-0.2, 0) is 6.42 Å². The highest BCUT2D eigenvalue weighted by molar-refractivity contribution is 7.12. The molecule has 106 valence electrons. The van der Waals surface area contributed by atoms with Gasteiger partial charge in [0.2, 0.25) is 0 Å². The van der Waals surface area contributed by atoms with E-state index in [1.54, 1.807) is 0 Å². The Bertz CT molecular complexity index is 572. The van der Waals surface area contributed by atoms with Gasteiger partial charge in [0, 0.05) is 11.1 Å². The molecular weight excluding hydrogens is 268 g/mol. The summed E-state index contributed by atoms with van der Waals surface area (Å²) >= 11 is 1.48. The van der Waals surface area contributed by atoms with Gasteiger partial charge in [0.15, 0.2) is 6.29 Å². The maximum Gasteiger partial charge on any atom is 0.160 e. The second-order valence-corrected chi connectivity index (χ2v) is 5.61. The van der Waals surface area contributed by atoms with Crippen molar-refractivity contribution < 1.29 is 9.53 Å². The monoisotopic (exact) mass is 288 g/mol. The predicted molar refractivity (Wildman–Crippen MR) is 84.9 cm³/mol. The number of hydrogen-bond donors (Lipinski definition) is 0. The third-order valence-electron chi connectivity index (χ3n) is 3.32. The molecule has 0 fully saturated rings. The van der Waals surface area contributed by atoms with Crippen LogP contribution >= 0.6 is 11.3 Å². The number of ether oxygens (including phenoxy) is 1. The summed E-state index contributed by atoms with van der Waals surface area (Å²) in [5.74, 6) is 0.888. The number of aryl methyl sites for hydroxylation is 1. The Morgan fingerprint density at radius 2 is 2.10 bits per heavy atom. The zero-order valence-electron chi connectivity index (χ0n) is 12.0. The largest absolute Gasteiger partial charge is 0.493 e. The number of thiophene rings is 1. The topological polar surface area (TPSA) is 26.3 Å². The van der Waals surface area contributed by atoms with E-state index in [1.807, 2.05) is 23.6 Å². The number of hydrogen-bond acceptors (Lipinski definition) is 3. The third kappa shape index (κ3) is 3.10. The van der Waals surface area contributed by atoms with Crippen molar-refractivity contribution >= 4 is 17.6 Å². The van der Waals surface area contributed by atoms with Crippen molar-refractivity contribution in [2.24, 2.45) is 0 Å². The highest BCUT2D eigenvalue weighted by atomic mass is 32.1. The highest BCUT2D eigenvalue weighted by Crippen LogP contribution is 2.37. The van der Waals surface area contributed by atoms with Gasteiger partial charge >= 0.3 is 0 Å². The van der Waals surface area contributed by atoms with E-state index in [0.717, 1.165) is 53.9 Å². The van der Waals surface area contributed by atoms with Crippen LogP contribution in [0.3, 0.4) is 0 Å². The fourth-order valence-electron chi connectivity index (χ4n) is 2.24. The lowest BCUT2D eigenvalue weighted by Crippen LogP contribution is -2.00. The van der Waals surface area contributed by atoms with Gasteiger partial charge in [0.1, 0.15) is 5.75 Å². The number of unbranched alkanes of at least 4 members (excludes halogenated alkanes) is 1. The molecule has 0 bridgehead atoms. The molecule has 0 saturated heterocycles. The van der Waals surface area contributed by atoms with Crippen molar-refractivity contribution in [2.45, 2.75) is 33.1 Å². The first-order valence-corrected chi connectivity index (χ1v) is 7.97. The Kier molecular flexibility index (Phi) is 5.36. The molecule has 1 heterocycles. The predicted octanol–water partition coefficient (Wildman–Crippen LogP) is 4.97. The molecule has 0 atom stereocenters. The number of benzene rings is 1. The van der Waals surface area contributed by atoms with Gasteiger partial charge in [-0.25, -0.2) is 0 Å². The molecule has 0 unspecified atom stereocenters. The second-order valence-electron chi connectivity index (χ2n) is 4.66. The van der Waals surface area contributed by atoms with Crippen LogP contribution in [0.1, 0.15) is 41.9 Å². The molecule has 0 spiro atoms. The van der Waals surface area contributed by atoms with Crippen molar-refractivity contribution in [3.63, 3.8) is 0 Å². The third-order valence-corrected chi connectivity index (χ3v) is 4.16. The summed E-state index contributed by atoms with van der Waals surface area (Å²) in [6, 6.07) is 8.14. The lowest BCUT2D eigenvalue weighted by molar-refractivity contribution is 0.112. The van der Waals surface area contributed by atoms with Gasteiger partial charge in [-0.1, -0.05) is 32.4 Å². The van der Waals surface area contributed by atoms with Crippen LogP contribution in [0.15, 0.2) is 29.6 Å². The fraction of sp³-hybridized carbons (Fsp3) is 0.353. The molecular formula is C17H20O2S. The summed E-state index contributed by atoms with van der Waals surface area (Å²) in [6.07, 6.45) is 4.01. The SMILES string of the molecule is CCCCOc1cccc(CC)c1-c1ccsc1C=O. The molecule has 2 rings (SSSR count). The average molecular weight is 288 g/mol. The van der Waals surface area contributed by atoms with E-state index < -0.39 is 0 Å². The van der Waals surface area contributed by atoms with Crippen LogP contribution in [0.4, 0.5) is 0 Å². The lowest BCUT2D eigenvalue weighted by Gasteiger charge is -2.14. The highest BCUT2D eigenvalue weighted by Gasteiger charge is 2.15. The van der Waals surface area contributed by atoms with Gasteiger partial charge in [0.25, 0.3) is 0 Å². The van der Waals surface area contributed by atoms with E-state index in [2.05, 4.69) is 19.9 Å². The van der Waals surface area contributed by atoms with Gasteiger partial charge in [-0.15, -0.1) is 11.3 Å². The van der Waals surface area contributed by atoms with Crippen LogP contribution in [0.25, 0.3) is 11.1 Å². The van der Waals surface area contributed by atoms with Crippen molar-refractivity contribution in [1.29, 1.82) is 0 Å². The van der Waals surface area contributed by atoms with Crippen LogP contribution in [-0.4, -0.2) is 12.9 Å². The summed E-state index contributed by atoms with van der Waals surface area (Å²) in [6.45, 7) is 4.99. The molecule has 1 aromatic carbocycles. The minimum Gasteiger partial charge on any atom is -0.493 e. The van der Waals surface area contributed by atoms with Gasteiger partial charge in [-0.2, -0.15) is 0 Å². The van der Waals surface area contributed by atoms with E-state index in [0.29, 0.717) is 0 Å². The molecule has 0 radical (unpaired) electrons. The quantitative estimate of drug-likeness (QED) is 0.531. The van der Waals surface area contributed by atoms with E-state index in [9.17, 15) is 4.79 Å². The minimum absolute atomic E-state index is 0.719. The average Bonchev–Trinajstić information content (AvgIpc) is 2.95. The zero-order chi connectivity index (χ0) is 14.4. The van der Waals surface area contributed by atoms with E-state index in [-0.39, 0.29) is 0 Å². The Morgan fingerprint density at radius 3 is 2.80 bits per heavy atom. The lowest BCUT2D eigenvalue weighted by atomic mass is 9.97. The van der Waals surface area contributed by atoms with Gasteiger partial charge in [-0.05, 0) is 35.9 Å². The number of aldehydes is 1. The van der Waals surface area contributed by atoms with E-state index >= 15 is 0 Å². The van der Waals surface area contributed by atoms with Gasteiger partial charge in [0.05, 0.1) is 11.5 Å². The van der Waals surface area contributed by atoms with Gasteiger partial charge < -0.3 is 4.74 Å². The van der Waals surface area contributed by atoms with Crippen molar-refractivity contribution in [2.75, 3.05) is 6.61 Å². The van der Waals surface area contributed by atoms with Crippen molar-refractivity contribution in [3.8, 4) is 16.9 Å². The smallest absolute Gasteiger partial charge is 0.160 e. The first kappa shape index (κ1) is 14.8. The molecule has 20 heavy (non-hydrogen) atoms. The zero-order valence-corrected chi connectivity index (χ0v) is 12.8. The van der Waals surface area contributed by atoms with Crippen molar-refractivity contribution in [1.82, 2.24) is 0 Å². The van der Waals surface area contributed by atoms with Crippen molar-refractivity contribution in [3.05, 3.63) is 40.1 Å². The summed E-state index contributed by atoms with van der Waals surface area (Å²) < 4.78 is 5.93. The Balaban J connectivity index is 2.45. The minimum atomic E-state index is 0.719. The Hall–Kier alpha value is -1.61. The van der Waals surface area contributed by atoms with Gasteiger partial charge in [-0.3, -0.25) is 4.79 Å². The molecule has 0 aliphatic carbocycles. The van der Waals surface area contributed by atoms with Crippen LogP contribution in [0.5, 0.6) is 5.75 Å². The molecule has 3 heteroatoms. The molecule has 0 aliphatic rings. The standard InChI is InChI=1S/C17H20O2S/c1-3-5-10-19-15-8-6-7-13(4-2)17(15)14-9-11-20-16(14)12-18/h6-9,11-12H,3-5,10H2,1-2H3. The fourth-order valence-corrected chi connectivity index (χ4v) is 2.95. The molecule has 0 aliphatic heterocycles. The molecule has 0 N–H and O–H groups in total. The molecule has 0 amide bonds. The summed E-state index contributed by atoms with van der Waals surface area (Å²) in [5.41, 5.74) is 3.30.